The van der Waals surface area contributed by atoms with E-state index in [0.29, 0.717) is 26.1 Å². The maximum Gasteiger partial charge on any atom is 0.307 e. The fraction of sp³-hybridized carbons (Fsp3) is 0.692. The van der Waals surface area contributed by atoms with Crippen molar-refractivity contribution in [1.29, 1.82) is 0 Å². The van der Waals surface area contributed by atoms with Gasteiger partial charge in [0.2, 0.25) is 0 Å². The monoisotopic (exact) mass is 270 g/mol. The van der Waals surface area contributed by atoms with Crippen LogP contribution in [0.4, 0.5) is 0 Å². The van der Waals surface area contributed by atoms with Gasteiger partial charge < -0.3 is 10.1 Å². The molecule has 0 radical (unpaired) electrons. The zero-order valence-electron chi connectivity index (χ0n) is 11.6. The van der Waals surface area contributed by atoms with Gasteiger partial charge in [-0.25, -0.2) is 4.98 Å². The van der Waals surface area contributed by atoms with Crippen molar-refractivity contribution in [3.8, 4) is 0 Å². The van der Waals surface area contributed by atoms with Crippen molar-refractivity contribution in [2.45, 2.75) is 46.1 Å². The molecular weight excluding hydrogens is 248 g/mol. The van der Waals surface area contributed by atoms with E-state index in [-0.39, 0.29) is 11.4 Å². The quantitative estimate of drug-likeness (QED) is 0.637. The van der Waals surface area contributed by atoms with Crippen molar-refractivity contribution < 1.29 is 9.53 Å². The average molecular weight is 270 g/mol. The van der Waals surface area contributed by atoms with Crippen LogP contribution in [0.25, 0.3) is 0 Å². The molecule has 0 aliphatic heterocycles. The summed E-state index contributed by atoms with van der Waals surface area (Å²) in [7, 11) is 0. The summed E-state index contributed by atoms with van der Waals surface area (Å²) >= 11 is 1.69. The average Bonchev–Trinajstić information content (AvgIpc) is 2.73. The predicted octanol–water partition coefficient (Wildman–Crippen LogP) is 2.48. The summed E-state index contributed by atoms with van der Waals surface area (Å²) in [6, 6.07) is 0. The molecule has 102 valence electrons. The van der Waals surface area contributed by atoms with Crippen LogP contribution >= 0.6 is 11.3 Å². The van der Waals surface area contributed by atoms with Crippen LogP contribution in [0.1, 0.15) is 44.8 Å². The molecule has 4 nitrogen and oxygen atoms in total. The Hall–Kier alpha value is -0.940. The van der Waals surface area contributed by atoms with E-state index in [9.17, 15) is 4.79 Å². The third-order valence-corrected chi connectivity index (χ3v) is 3.63. The first-order valence-electron chi connectivity index (χ1n) is 6.24. The second-order valence-corrected chi connectivity index (χ2v) is 5.98. The van der Waals surface area contributed by atoms with Crippen molar-refractivity contribution in [2.75, 3.05) is 13.2 Å². The lowest BCUT2D eigenvalue weighted by atomic mass is 9.98. The van der Waals surface area contributed by atoms with Crippen molar-refractivity contribution >= 4 is 17.3 Å². The fourth-order valence-corrected chi connectivity index (χ4v) is 2.28. The van der Waals surface area contributed by atoms with Crippen LogP contribution in [0.3, 0.4) is 0 Å². The number of ether oxygens (including phenoxy) is 1. The molecule has 0 aromatic carbocycles. The van der Waals surface area contributed by atoms with Gasteiger partial charge >= 0.3 is 5.97 Å². The van der Waals surface area contributed by atoms with Crippen LogP contribution in [0.15, 0.2) is 5.38 Å². The molecule has 0 saturated carbocycles. The second-order valence-electron chi connectivity index (χ2n) is 5.13. The van der Waals surface area contributed by atoms with Crippen LogP contribution in [-0.2, 0) is 21.5 Å². The van der Waals surface area contributed by atoms with Crippen molar-refractivity contribution in [3.63, 3.8) is 0 Å². The van der Waals surface area contributed by atoms with Gasteiger partial charge in [-0.1, -0.05) is 20.8 Å². The Morgan fingerprint density at radius 1 is 1.50 bits per heavy atom. The first-order chi connectivity index (χ1) is 8.43. The molecule has 0 aliphatic rings. The number of aromatic nitrogens is 1. The summed E-state index contributed by atoms with van der Waals surface area (Å²) in [5, 5.41) is 6.41. The zero-order valence-corrected chi connectivity index (χ0v) is 12.4. The van der Waals surface area contributed by atoms with E-state index in [2.05, 4.69) is 36.5 Å². The van der Waals surface area contributed by atoms with Crippen LogP contribution < -0.4 is 5.32 Å². The highest BCUT2D eigenvalue weighted by atomic mass is 32.1. The van der Waals surface area contributed by atoms with Crippen molar-refractivity contribution in [3.05, 3.63) is 16.1 Å². The number of esters is 1. The molecule has 1 heterocycles. The summed E-state index contributed by atoms with van der Waals surface area (Å²) in [4.78, 5) is 15.7. The second kappa shape index (κ2) is 6.85. The number of carbonyl (C=O) groups is 1. The molecule has 0 fully saturated rings. The Labute approximate surface area is 113 Å². The zero-order chi connectivity index (χ0) is 13.6. The minimum atomic E-state index is -0.154. The van der Waals surface area contributed by atoms with Gasteiger partial charge in [-0.2, -0.15) is 0 Å². The molecule has 18 heavy (non-hydrogen) atoms. The highest BCUT2D eigenvalue weighted by Gasteiger charge is 2.17. The van der Waals surface area contributed by atoms with E-state index in [4.69, 9.17) is 4.74 Å². The van der Waals surface area contributed by atoms with E-state index >= 15 is 0 Å². The number of carbonyl (C=O) groups excluding carboxylic acids is 1. The molecule has 0 amide bonds. The van der Waals surface area contributed by atoms with Crippen LogP contribution in [0, 0.1) is 0 Å². The summed E-state index contributed by atoms with van der Waals surface area (Å²) in [6.07, 6.45) is 0.407. The lowest BCUT2D eigenvalue weighted by molar-refractivity contribution is -0.142. The third-order valence-electron chi connectivity index (χ3n) is 2.31. The molecule has 0 bridgehead atoms. The van der Waals surface area contributed by atoms with Gasteiger partial charge in [0.15, 0.2) is 0 Å². The molecular formula is C13H22N2O2S. The molecule has 1 aromatic rings. The van der Waals surface area contributed by atoms with Gasteiger partial charge in [-0.05, 0) is 6.92 Å². The van der Waals surface area contributed by atoms with E-state index in [1.54, 1.807) is 11.3 Å². The highest BCUT2D eigenvalue weighted by molar-refractivity contribution is 7.09. The van der Waals surface area contributed by atoms with E-state index in [1.165, 1.54) is 0 Å². The highest BCUT2D eigenvalue weighted by Crippen LogP contribution is 2.25. The smallest absolute Gasteiger partial charge is 0.307 e. The van der Waals surface area contributed by atoms with E-state index < -0.39 is 0 Å². The Balaban J connectivity index is 2.28. The summed E-state index contributed by atoms with van der Waals surface area (Å²) in [5.41, 5.74) is 1.14. The SMILES string of the molecule is CCOC(=O)CCNCc1csc(C(C)(C)C)n1. The van der Waals surface area contributed by atoms with Crippen LogP contribution in [0.2, 0.25) is 0 Å². The van der Waals surface area contributed by atoms with E-state index in [1.807, 2.05) is 6.92 Å². The number of hydrogen-bond donors (Lipinski definition) is 1. The third kappa shape index (κ3) is 5.14. The van der Waals surface area contributed by atoms with Crippen LogP contribution in [0.5, 0.6) is 0 Å². The lowest BCUT2D eigenvalue weighted by Gasteiger charge is -2.13. The molecule has 5 heteroatoms. The molecule has 0 saturated heterocycles. The predicted molar refractivity (Wildman–Crippen MR) is 73.8 cm³/mol. The van der Waals surface area contributed by atoms with Crippen molar-refractivity contribution in [1.82, 2.24) is 10.3 Å². The standard InChI is InChI=1S/C13H22N2O2S/c1-5-17-11(16)6-7-14-8-10-9-18-12(15-10)13(2,3)4/h9,14H,5-8H2,1-4H3. The molecule has 1 rings (SSSR count). The van der Waals surface area contributed by atoms with Gasteiger partial charge in [0.25, 0.3) is 0 Å². The fourth-order valence-electron chi connectivity index (χ4n) is 1.37. The molecule has 0 spiro atoms. The number of thiazole rings is 1. The molecule has 0 unspecified atom stereocenters. The maximum atomic E-state index is 11.1. The Morgan fingerprint density at radius 2 is 2.22 bits per heavy atom. The van der Waals surface area contributed by atoms with Gasteiger partial charge in [0, 0.05) is 23.9 Å². The minimum absolute atomic E-state index is 0.105. The largest absolute Gasteiger partial charge is 0.466 e. The summed E-state index contributed by atoms with van der Waals surface area (Å²) in [6.45, 7) is 10.1. The van der Waals surface area contributed by atoms with E-state index in [0.717, 1.165) is 10.7 Å². The minimum Gasteiger partial charge on any atom is -0.466 e. The number of nitrogens with zero attached hydrogens (tertiary/aromatic N) is 1. The number of rotatable bonds is 6. The number of nitrogens with one attached hydrogen (secondary N) is 1. The lowest BCUT2D eigenvalue weighted by Crippen LogP contribution is -2.19. The first kappa shape index (κ1) is 15.1. The Bertz CT molecular complexity index is 383. The van der Waals surface area contributed by atoms with Gasteiger partial charge in [-0.3, -0.25) is 4.79 Å². The van der Waals surface area contributed by atoms with Gasteiger partial charge in [0.05, 0.1) is 23.7 Å². The van der Waals surface area contributed by atoms with Gasteiger partial charge in [-0.15, -0.1) is 11.3 Å². The van der Waals surface area contributed by atoms with Crippen LogP contribution in [-0.4, -0.2) is 24.1 Å². The Morgan fingerprint density at radius 3 is 2.78 bits per heavy atom. The molecule has 1 N–H and O–H groups in total. The van der Waals surface area contributed by atoms with Gasteiger partial charge in [0.1, 0.15) is 0 Å². The Kier molecular flexibility index (Phi) is 5.75. The summed E-state index contributed by atoms with van der Waals surface area (Å²) in [5.74, 6) is -0.154. The van der Waals surface area contributed by atoms with Crippen molar-refractivity contribution in [2.24, 2.45) is 0 Å². The maximum absolute atomic E-state index is 11.1. The topological polar surface area (TPSA) is 51.2 Å². The first-order valence-corrected chi connectivity index (χ1v) is 7.12. The molecule has 0 atom stereocenters. The molecule has 0 aliphatic carbocycles. The normalized spacial score (nSPS) is 11.6. The summed E-state index contributed by atoms with van der Waals surface area (Å²) < 4.78 is 4.85. The molecule has 1 aromatic heterocycles. The number of hydrogen-bond acceptors (Lipinski definition) is 5.